The van der Waals surface area contributed by atoms with Gasteiger partial charge in [-0.2, -0.15) is 0 Å². The van der Waals surface area contributed by atoms with Gasteiger partial charge in [0.05, 0.1) is 19.7 Å². The van der Waals surface area contributed by atoms with Crippen molar-refractivity contribution >= 4 is 29.9 Å². The van der Waals surface area contributed by atoms with Crippen molar-refractivity contribution in [3.8, 4) is 5.75 Å². The first-order valence-corrected chi connectivity index (χ1v) is 10.8. The van der Waals surface area contributed by atoms with E-state index in [2.05, 4.69) is 66.7 Å². The third-order valence-electron chi connectivity index (χ3n) is 4.68. The molecule has 0 fully saturated rings. The Bertz CT molecular complexity index is 762. The van der Waals surface area contributed by atoms with E-state index in [1.165, 1.54) is 24.8 Å². The summed E-state index contributed by atoms with van der Waals surface area (Å²) in [5.74, 6) is 2.59. The molecule has 0 aliphatic carbocycles. The first-order chi connectivity index (χ1) is 14.2. The van der Waals surface area contributed by atoms with Gasteiger partial charge in [-0.15, -0.1) is 34.2 Å². The summed E-state index contributed by atoms with van der Waals surface area (Å²) in [6.07, 6.45) is 6.55. The molecular weight excluding hydrogens is 491 g/mol. The highest BCUT2D eigenvalue weighted by atomic mass is 127. The van der Waals surface area contributed by atoms with Crippen molar-refractivity contribution in [2.75, 3.05) is 13.2 Å². The Morgan fingerprint density at radius 2 is 1.97 bits per heavy atom. The van der Waals surface area contributed by atoms with Crippen LogP contribution >= 0.6 is 24.0 Å². The summed E-state index contributed by atoms with van der Waals surface area (Å²) in [5.41, 5.74) is 2.30. The van der Waals surface area contributed by atoms with Gasteiger partial charge >= 0.3 is 0 Å². The molecule has 168 valence electrons. The van der Waals surface area contributed by atoms with Crippen LogP contribution in [0.25, 0.3) is 0 Å². The van der Waals surface area contributed by atoms with Crippen molar-refractivity contribution in [2.45, 2.75) is 73.0 Å². The number of rotatable bonds is 12. The molecule has 1 aromatic carbocycles. The van der Waals surface area contributed by atoms with Gasteiger partial charge in [-0.05, 0) is 38.8 Å². The van der Waals surface area contributed by atoms with Gasteiger partial charge in [0.25, 0.3) is 0 Å². The fraction of sp³-hybridized carbons (Fsp3) is 0.591. The zero-order valence-corrected chi connectivity index (χ0v) is 21.1. The third-order valence-corrected chi connectivity index (χ3v) is 4.68. The van der Waals surface area contributed by atoms with E-state index in [9.17, 15) is 0 Å². The standard InChI is InChI=1S/C22H36N6O.HI/c1-5-8-9-10-13-29-20-14-18(4)11-12-19(20)15-24-22(23-6-2)25-16-21-27-26-17-28(21)7-3;/h11-12,14,17H,5-10,13,15-16H2,1-4H3,(H2,23,24,25);1H. The van der Waals surface area contributed by atoms with E-state index >= 15 is 0 Å². The summed E-state index contributed by atoms with van der Waals surface area (Å²) < 4.78 is 8.09. The first kappa shape index (κ1) is 26.2. The molecular formula is C22H37IN6O. The fourth-order valence-electron chi connectivity index (χ4n) is 2.99. The van der Waals surface area contributed by atoms with Crippen LogP contribution in [0.3, 0.4) is 0 Å². The summed E-state index contributed by atoms with van der Waals surface area (Å²) in [7, 11) is 0. The highest BCUT2D eigenvalue weighted by Gasteiger charge is 2.07. The predicted molar refractivity (Wildman–Crippen MR) is 134 cm³/mol. The van der Waals surface area contributed by atoms with Crippen molar-refractivity contribution in [2.24, 2.45) is 4.99 Å². The molecule has 0 saturated heterocycles. The Kier molecular flexibility index (Phi) is 13.1. The minimum Gasteiger partial charge on any atom is -0.493 e. The molecule has 0 spiro atoms. The average Bonchev–Trinajstić information content (AvgIpc) is 3.18. The summed E-state index contributed by atoms with van der Waals surface area (Å²) >= 11 is 0. The molecule has 0 amide bonds. The fourth-order valence-corrected chi connectivity index (χ4v) is 2.99. The number of benzene rings is 1. The Balaban J connectivity index is 0.00000450. The molecule has 30 heavy (non-hydrogen) atoms. The zero-order valence-electron chi connectivity index (χ0n) is 18.8. The largest absolute Gasteiger partial charge is 0.493 e. The van der Waals surface area contributed by atoms with Gasteiger partial charge in [0.15, 0.2) is 11.8 Å². The van der Waals surface area contributed by atoms with Gasteiger partial charge in [0, 0.05) is 18.7 Å². The molecule has 2 rings (SSSR count). The van der Waals surface area contributed by atoms with Gasteiger partial charge < -0.3 is 19.9 Å². The second-order valence-electron chi connectivity index (χ2n) is 7.10. The smallest absolute Gasteiger partial charge is 0.191 e. The number of guanidine groups is 1. The Hall–Kier alpha value is -1.84. The Morgan fingerprint density at radius 1 is 1.13 bits per heavy atom. The molecule has 0 aliphatic heterocycles. The molecule has 2 aromatic rings. The van der Waals surface area contributed by atoms with Crippen LogP contribution in [0.1, 0.15) is 63.4 Å². The maximum Gasteiger partial charge on any atom is 0.191 e. The average molecular weight is 528 g/mol. The summed E-state index contributed by atoms with van der Waals surface area (Å²) in [6.45, 7) is 12.0. The molecule has 0 aliphatic rings. The molecule has 1 heterocycles. The molecule has 7 nitrogen and oxygen atoms in total. The van der Waals surface area contributed by atoms with E-state index in [0.717, 1.165) is 49.2 Å². The van der Waals surface area contributed by atoms with Gasteiger partial charge in [-0.25, -0.2) is 4.99 Å². The summed E-state index contributed by atoms with van der Waals surface area (Å²) in [6, 6.07) is 6.32. The summed E-state index contributed by atoms with van der Waals surface area (Å²) in [4.78, 5) is 4.74. The molecule has 1 aromatic heterocycles. The number of aryl methyl sites for hydroxylation is 2. The predicted octanol–water partition coefficient (Wildman–Crippen LogP) is 4.44. The van der Waals surface area contributed by atoms with Crippen LogP contribution in [-0.2, 0) is 19.6 Å². The molecule has 0 bridgehead atoms. The number of hydrogen-bond acceptors (Lipinski definition) is 4. The number of nitrogens with one attached hydrogen (secondary N) is 2. The SMILES string of the molecule is CCCCCCOc1cc(C)ccc1CN=C(NCC)NCc1nncn1CC.I. The highest BCUT2D eigenvalue weighted by molar-refractivity contribution is 14.0. The van der Waals surface area contributed by atoms with Gasteiger partial charge in [0.2, 0.25) is 0 Å². The second kappa shape index (κ2) is 15.0. The summed E-state index contributed by atoms with van der Waals surface area (Å²) in [5, 5.41) is 14.8. The van der Waals surface area contributed by atoms with Crippen molar-refractivity contribution in [3.63, 3.8) is 0 Å². The normalized spacial score (nSPS) is 11.1. The first-order valence-electron chi connectivity index (χ1n) is 10.8. The van der Waals surface area contributed by atoms with Crippen molar-refractivity contribution in [3.05, 3.63) is 41.5 Å². The highest BCUT2D eigenvalue weighted by Crippen LogP contribution is 2.22. The lowest BCUT2D eigenvalue weighted by molar-refractivity contribution is 0.302. The van der Waals surface area contributed by atoms with E-state index < -0.39 is 0 Å². The number of ether oxygens (including phenoxy) is 1. The number of unbranched alkanes of at least 4 members (excludes halogenated alkanes) is 3. The number of halogens is 1. The van der Waals surface area contributed by atoms with E-state index in [1.807, 2.05) is 4.57 Å². The van der Waals surface area contributed by atoms with E-state index in [-0.39, 0.29) is 24.0 Å². The maximum absolute atomic E-state index is 6.07. The molecule has 0 unspecified atom stereocenters. The molecule has 0 saturated carbocycles. The molecule has 0 atom stereocenters. The lowest BCUT2D eigenvalue weighted by Gasteiger charge is -2.14. The van der Waals surface area contributed by atoms with Gasteiger partial charge in [-0.3, -0.25) is 0 Å². The van der Waals surface area contributed by atoms with Crippen molar-refractivity contribution < 1.29 is 4.74 Å². The van der Waals surface area contributed by atoms with Crippen LogP contribution in [0, 0.1) is 6.92 Å². The number of aromatic nitrogens is 3. The van der Waals surface area contributed by atoms with Crippen LogP contribution in [0.15, 0.2) is 29.5 Å². The zero-order chi connectivity index (χ0) is 20.9. The van der Waals surface area contributed by atoms with E-state index in [4.69, 9.17) is 9.73 Å². The Labute approximate surface area is 198 Å². The van der Waals surface area contributed by atoms with Crippen molar-refractivity contribution in [1.29, 1.82) is 0 Å². The quantitative estimate of drug-likeness (QED) is 0.185. The van der Waals surface area contributed by atoms with Crippen LogP contribution in [0.2, 0.25) is 0 Å². The topological polar surface area (TPSA) is 76.4 Å². The van der Waals surface area contributed by atoms with Crippen LogP contribution in [-0.4, -0.2) is 33.9 Å². The monoisotopic (exact) mass is 528 g/mol. The molecule has 8 heteroatoms. The van der Waals surface area contributed by atoms with Gasteiger partial charge in [0.1, 0.15) is 12.1 Å². The Morgan fingerprint density at radius 3 is 2.70 bits per heavy atom. The molecule has 0 radical (unpaired) electrons. The lowest BCUT2D eigenvalue weighted by atomic mass is 10.1. The second-order valence-corrected chi connectivity index (χ2v) is 7.10. The minimum absolute atomic E-state index is 0. The van der Waals surface area contributed by atoms with E-state index in [1.54, 1.807) is 6.33 Å². The van der Waals surface area contributed by atoms with Crippen LogP contribution < -0.4 is 15.4 Å². The van der Waals surface area contributed by atoms with Crippen LogP contribution in [0.4, 0.5) is 0 Å². The number of aliphatic imine (C=N–C) groups is 1. The number of hydrogen-bond donors (Lipinski definition) is 2. The third kappa shape index (κ3) is 8.89. The van der Waals surface area contributed by atoms with Gasteiger partial charge in [-0.1, -0.05) is 38.3 Å². The minimum atomic E-state index is 0. The number of nitrogens with zero attached hydrogens (tertiary/aromatic N) is 4. The van der Waals surface area contributed by atoms with E-state index in [0.29, 0.717) is 13.1 Å². The van der Waals surface area contributed by atoms with Crippen molar-refractivity contribution in [1.82, 2.24) is 25.4 Å². The van der Waals surface area contributed by atoms with Crippen LogP contribution in [0.5, 0.6) is 5.75 Å². The lowest BCUT2D eigenvalue weighted by Crippen LogP contribution is -2.37. The maximum atomic E-state index is 6.07. The molecule has 2 N–H and O–H groups in total.